The number of rotatable bonds is 8. The highest BCUT2D eigenvalue weighted by molar-refractivity contribution is 6.73. The van der Waals surface area contributed by atoms with Gasteiger partial charge in [0.2, 0.25) is 0 Å². The average Bonchev–Trinajstić information content (AvgIpc) is 2.22. The molecule has 0 aromatic heterocycles. The molecule has 0 aliphatic heterocycles. The van der Waals surface area contributed by atoms with Crippen LogP contribution in [0.1, 0.15) is 41.0 Å². The first kappa shape index (κ1) is 14.8. The second-order valence-corrected chi connectivity index (χ2v) is 8.82. The zero-order chi connectivity index (χ0) is 11.7. The molecule has 0 aromatic rings. The van der Waals surface area contributed by atoms with Crippen LogP contribution < -0.4 is 0 Å². The highest BCUT2D eigenvalue weighted by atomic mass is 28.4. The summed E-state index contributed by atoms with van der Waals surface area (Å²) in [5.74, 6) is 0. The van der Waals surface area contributed by atoms with E-state index in [-0.39, 0.29) is 0 Å². The van der Waals surface area contributed by atoms with Crippen molar-refractivity contribution in [2.24, 2.45) is 4.99 Å². The van der Waals surface area contributed by atoms with E-state index in [4.69, 9.17) is 4.43 Å². The van der Waals surface area contributed by atoms with Crippen molar-refractivity contribution >= 4 is 14.0 Å². The monoisotopic (exact) mass is 229 g/mol. The molecule has 0 N–H and O–H groups in total. The summed E-state index contributed by atoms with van der Waals surface area (Å²) >= 11 is 0. The van der Waals surface area contributed by atoms with Gasteiger partial charge < -0.3 is 4.43 Å². The van der Waals surface area contributed by atoms with Gasteiger partial charge in [0.25, 0.3) is 0 Å². The fraction of sp³-hybridized carbons (Fsp3) is 0.917. The minimum atomic E-state index is -1.38. The topological polar surface area (TPSA) is 21.6 Å². The van der Waals surface area contributed by atoms with E-state index in [0.29, 0.717) is 0 Å². The lowest BCUT2D eigenvalue weighted by atomic mass is 10.4. The molecule has 0 saturated carbocycles. The van der Waals surface area contributed by atoms with Crippen LogP contribution in [0, 0.1) is 0 Å². The molecule has 0 saturated heterocycles. The molecule has 0 aliphatic carbocycles. The van der Waals surface area contributed by atoms with Gasteiger partial charge in [0.1, 0.15) is 0 Å². The Bertz CT molecular complexity index is 184. The maximum atomic E-state index is 6.03. The predicted molar refractivity (Wildman–Crippen MR) is 71.4 cm³/mol. The Morgan fingerprint density at radius 2 is 1.73 bits per heavy atom. The molecule has 3 heteroatoms. The van der Waals surface area contributed by atoms with E-state index < -0.39 is 8.32 Å². The molecular weight excluding hydrogens is 202 g/mol. The Morgan fingerprint density at radius 3 is 2.13 bits per heavy atom. The molecule has 0 radical (unpaired) electrons. The zero-order valence-corrected chi connectivity index (χ0v) is 12.1. The van der Waals surface area contributed by atoms with E-state index in [0.717, 1.165) is 13.2 Å². The van der Waals surface area contributed by atoms with Crippen LogP contribution in [0.3, 0.4) is 0 Å². The van der Waals surface area contributed by atoms with Gasteiger partial charge in [0.05, 0.1) is 0 Å². The van der Waals surface area contributed by atoms with Crippen LogP contribution in [0.25, 0.3) is 0 Å². The van der Waals surface area contributed by atoms with Gasteiger partial charge in [0, 0.05) is 18.9 Å². The minimum Gasteiger partial charge on any atom is -0.417 e. The summed E-state index contributed by atoms with van der Waals surface area (Å²) in [6.07, 6.45) is 1.19. The van der Waals surface area contributed by atoms with Crippen LogP contribution in [0.4, 0.5) is 0 Å². The van der Waals surface area contributed by atoms with E-state index in [9.17, 15) is 0 Å². The van der Waals surface area contributed by atoms with E-state index >= 15 is 0 Å². The minimum absolute atomic E-state index is 0.879. The Balaban J connectivity index is 4.00. The summed E-state index contributed by atoms with van der Waals surface area (Å²) in [6, 6.07) is 3.75. The predicted octanol–water partition coefficient (Wildman–Crippen LogP) is 3.88. The second kappa shape index (κ2) is 8.05. The van der Waals surface area contributed by atoms with Crippen molar-refractivity contribution in [3.63, 3.8) is 0 Å². The van der Waals surface area contributed by atoms with Gasteiger partial charge in [-0.25, -0.2) is 0 Å². The van der Waals surface area contributed by atoms with Crippen molar-refractivity contribution in [3.8, 4) is 0 Å². The van der Waals surface area contributed by atoms with Gasteiger partial charge in [-0.2, -0.15) is 0 Å². The van der Waals surface area contributed by atoms with Gasteiger partial charge in [-0.3, -0.25) is 4.99 Å². The standard InChI is InChI=1S/C12H27NOSi/c1-6-14-15(7-2,8-3)11-9-10-13-12(4)5/h6-11H2,1-5H3. The fourth-order valence-electron chi connectivity index (χ4n) is 1.89. The third-order valence-electron chi connectivity index (χ3n) is 2.96. The largest absolute Gasteiger partial charge is 0.417 e. The molecule has 15 heavy (non-hydrogen) atoms. The number of aliphatic imine (C=N–C) groups is 1. The highest BCUT2D eigenvalue weighted by Gasteiger charge is 2.29. The van der Waals surface area contributed by atoms with E-state index in [1.807, 2.05) is 0 Å². The average molecular weight is 229 g/mol. The summed E-state index contributed by atoms with van der Waals surface area (Å²) in [5, 5.41) is 0. The molecule has 0 aromatic carbocycles. The molecule has 0 amide bonds. The SMILES string of the molecule is CCO[Si](CC)(CC)CCCN=C(C)C. The maximum Gasteiger partial charge on any atom is 0.192 e. The molecule has 0 spiro atoms. The molecule has 0 bridgehead atoms. The normalized spacial score (nSPS) is 11.5. The lowest BCUT2D eigenvalue weighted by Gasteiger charge is -2.28. The van der Waals surface area contributed by atoms with Crippen LogP contribution in [-0.2, 0) is 4.43 Å². The molecule has 90 valence electrons. The van der Waals surface area contributed by atoms with Crippen LogP contribution in [0.5, 0.6) is 0 Å². The van der Waals surface area contributed by atoms with Crippen molar-refractivity contribution in [1.82, 2.24) is 0 Å². The molecule has 0 unspecified atom stereocenters. The molecule has 0 atom stereocenters. The Labute approximate surface area is 96.3 Å². The molecule has 0 aliphatic rings. The molecule has 2 nitrogen and oxygen atoms in total. The maximum absolute atomic E-state index is 6.03. The molecule has 0 rings (SSSR count). The van der Waals surface area contributed by atoms with Crippen LogP contribution in [-0.4, -0.2) is 27.2 Å². The van der Waals surface area contributed by atoms with Crippen LogP contribution in [0.2, 0.25) is 18.1 Å². The quantitative estimate of drug-likeness (QED) is 0.352. The smallest absolute Gasteiger partial charge is 0.192 e. The van der Waals surface area contributed by atoms with Crippen molar-refractivity contribution < 1.29 is 4.43 Å². The zero-order valence-electron chi connectivity index (χ0n) is 11.1. The lowest BCUT2D eigenvalue weighted by molar-refractivity contribution is 0.319. The molecule has 0 heterocycles. The molecular formula is C12H27NOSi. The third kappa shape index (κ3) is 6.10. The first-order valence-corrected chi connectivity index (χ1v) is 8.74. The Hall–Kier alpha value is -0.153. The van der Waals surface area contributed by atoms with Crippen molar-refractivity contribution in [3.05, 3.63) is 0 Å². The van der Waals surface area contributed by atoms with Gasteiger partial charge in [-0.05, 0) is 45.3 Å². The van der Waals surface area contributed by atoms with Gasteiger partial charge in [-0.1, -0.05) is 13.8 Å². The number of hydrogen-bond acceptors (Lipinski definition) is 2. The Kier molecular flexibility index (Phi) is 7.97. The number of hydrogen-bond donors (Lipinski definition) is 0. The summed E-state index contributed by atoms with van der Waals surface area (Å²) in [6.45, 7) is 12.6. The fourth-order valence-corrected chi connectivity index (χ4v) is 5.06. The second-order valence-electron chi connectivity index (χ2n) is 4.26. The number of nitrogens with zero attached hydrogens (tertiary/aromatic N) is 1. The lowest BCUT2D eigenvalue weighted by Crippen LogP contribution is -2.36. The molecule has 0 fully saturated rings. The van der Waals surface area contributed by atoms with Crippen LogP contribution >= 0.6 is 0 Å². The first-order valence-electron chi connectivity index (χ1n) is 6.21. The van der Waals surface area contributed by atoms with Crippen molar-refractivity contribution in [2.75, 3.05) is 13.2 Å². The summed E-state index contributed by atoms with van der Waals surface area (Å²) in [7, 11) is -1.38. The van der Waals surface area contributed by atoms with E-state index in [2.05, 4.69) is 39.6 Å². The van der Waals surface area contributed by atoms with Gasteiger partial charge in [-0.15, -0.1) is 0 Å². The third-order valence-corrected chi connectivity index (χ3v) is 7.70. The van der Waals surface area contributed by atoms with Crippen LogP contribution in [0.15, 0.2) is 4.99 Å². The Morgan fingerprint density at radius 1 is 1.13 bits per heavy atom. The van der Waals surface area contributed by atoms with Gasteiger partial charge in [0.15, 0.2) is 8.32 Å². The summed E-state index contributed by atoms with van der Waals surface area (Å²) in [5.41, 5.74) is 1.19. The summed E-state index contributed by atoms with van der Waals surface area (Å²) in [4.78, 5) is 4.44. The van der Waals surface area contributed by atoms with E-state index in [1.165, 1.54) is 30.3 Å². The van der Waals surface area contributed by atoms with Crippen molar-refractivity contribution in [2.45, 2.75) is 59.2 Å². The summed E-state index contributed by atoms with van der Waals surface area (Å²) < 4.78 is 6.03. The van der Waals surface area contributed by atoms with Crippen molar-refractivity contribution in [1.29, 1.82) is 0 Å². The van der Waals surface area contributed by atoms with E-state index in [1.54, 1.807) is 0 Å². The first-order chi connectivity index (χ1) is 7.10. The van der Waals surface area contributed by atoms with Gasteiger partial charge >= 0.3 is 0 Å². The highest BCUT2D eigenvalue weighted by Crippen LogP contribution is 2.23.